The van der Waals surface area contributed by atoms with Gasteiger partial charge in [-0.15, -0.1) is 0 Å². The summed E-state index contributed by atoms with van der Waals surface area (Å²) in [7, 11) is 0. The lowest BCUT2D eigenvalue weighted by molar-refractivity contribution is 1.03. The third-order valence-corrected chi connectivity index (χ3v) is 2.40. The van der Waals surface area contributed by atoms with E-state index in [0.717, 1.165) is 22.2 Å². The molecule has 0 radical (unpaired) electrons. The minimum absolute atomic E-state index is 0.166. The predicted molar refractivity (Wildman–Crippen MR) is 70.4 cm³/mol. The number of fused-ring (bicyclic) bond motifs is 1. The summed E-state index contributed by atoms with van der Waals surface area (Å²) >= 11 is 4.69. The summed E-state index contributed by atoms with van der Waals surface area (Å²) in [5, 5.41) is 5.40. The predicted octanol–water partition coefficient (Wildman–Crippen LogP) is 1.73. The second-order valence-electron chi connectivity index (χ2n) is 3.42. The summed E-state index contributed by atoms with van der Waals surface area (Å²) in [5.74, 6) is 0. The molecule has 0 unspecified atom stereocenters. The fourth-order valence-corrected chi connectivity index (χ4v) is 1.62. The monoisotopic (exact) mass is 232 g/mol. The first-order valence-corrected chi connectivity index (χ1v) is 5.25. The van der Waals surface area contributed by atoms with Gasteiger partial charge in [0.2, 0.25) is 0 Å². The van der Waals surface area contributed by atoms with Crippen LogP contribution in [0.3, 0.4) is 0 Å². The molecule has 1 aromatic carbocycles. The summed E-state index contributed by atoms with van der Waals surface area (Å²) in [6, 6.07) is 8.05. The molecule has 16 heavy (non-hydrogen) atoms. The number of H-pyrrole nitrogens is 1. The molecule has 0 fully saturated rings. The molecule has 0 atom stereocenters. The number of nitrogens with two attached hydrogens (primary N) is 1. The maximum atomic E-state index is 5.31. The average molecular weight is 232 g/mol. The largest absolute Gasteiger partial charge is 0.375 e. The number of aromatic amines is 1. The van der Waals surface area contributed by atoms with Crippen LogP contribution >= 0.6 is 12.2 Å². The second kappa shape index (κ2) is 4.32. The first kappa shape index (κ1) is 10.6. The van der Waals surface area contributed by atoms with Crippen LogP contribution in [0.15, 0.2) is 35.6 Å². The van der Waals surface area contributed by atoms with Gasteiger partial charge in [0.25, 0.3) is 0 Å². The minimum atomic E-state index is 0.166. The van der Waals surface area contributed by atoms with Crippen molar-refractivity contribution in [2.75, 3.05) is 0 Å². The summed E-state index contributed by atoms with van der Waals surface area (Å²) in [6.45, 7) is 1.90. The van der Waals surface area contributed by atoms with Gasteiger partial charge >= 0.3 is 0 Å². The van der Waals surface area contributed by atoms with Gasteiger partial charge in [0.1, 0.15) is 0 Å². The topological polar surface area (TPSA) is 66.2 Å². The number of hydrazone groups is 1. The number of nitrogens with zero attached hydrogens (tertiary/aromatic N) is 1. The lowest BCUT2D eigenvalue weighted by Crippen LogP contribution is -2.25. The van der Waals surface area contributed by atoms with Gasteiger partial charge in [0, 0.05) is 22.7 Å². The highest BCUT2D eigenvalue weighted by molar-refractivity contribution is 7.80. The van der Waals surface area contributed by atoms with Crippen molar-refractivity contribution in [2.45, 2.75) is 6.92 Å². The molecule has 0 saturated carbocycles. The van der Waals surface area contributed by atoms with E-state index in [2.05, 4.69) is 15.5 Å². The van der Waals surface area contributed by atoms with Crippen molar-refractivity contribution in [2.24, 2.45) is 10.8 Å². The number of thiocarbonyl (C=S) groups is 1. The lowest BCUT2D eigenvalue weighted by atomic mass is 10.1. The van der Waals surface area contributed by atoms with Crippen LogP contribution in [0.4, 0.5) is 0 Å². The summed E-state index contributed by atoms with van der Waals surface area (Å²) in [4.78, 5) is 3.18. The zero-order valence-corrected chi connectivity index (χ0v) is 9.64. The fourth-order valence-electron chi connectivity index (χ4n) is 1.57. The van der Waals surface area contributed by atoms with E-state index in [1.54, 1.807) is 0 Å². The molecule has 2 aromatic rings. The van der Waals surface area contributed by atoms with Crippen LogP contribution < -0.4 is 11.2 Å². The molecule has 4 nitrogen and oxygen atoms in total. The third kappa shape index (κ3) is 2.04. The Labute approximate surface area is 98.5 Å². The summed E-state index contributed by atoms with van der Waals surface area (Å²) in [5.41, 5.74) is 10.9. The SMILES string of the molecule is C/C(=N/NC(N)=S)c1c[nH]c2ccccc12. The van der Waals surface area contributed by atoms with E-state index in [4.69, 9.17) is 18.0 Å². The second-order valence-corrected chi connectivity index (χ2v) is 3.86. The van der Waals surface area contributed by atoms with E-state index < -0.39 is 0 Å². The summed E-state index contributed by atoms with van der Waals surface area (Å²) in [6.07, 6.45) is 1.92. The number of rotatable bonds is 2. The van der Waals surface area contributed by atoms with Crippen molar-refractivity contribution in [1.29, 1.82) is 0 Å². The molecule has 0 saturated heterocycles. The van der Waals surface area contributed by atoms with Gasteiger partial charge < -0.3 is 10.7 Å². The van der Waals surface area contributed by atoms with Gasteiger partial charge in [-0.2, -0.15) is 5.10 Å². The molecule has 1 aromatic heterocycles. The Balaban J connectivity index is 2.40. The van der Waals surface area contributed by atoms with Crippen molar-refractivity contribution < 1.29 is 0 Å². The van der Waals surface area contributed by atoms with Crippen LogP contribution in [0.5, 0.6) is 0 Å². The van der Waals surface area contributed by atoms with E-state index >= 15 is 0 Å². The van der Waals surface area contributed by atoms with Gasteiger partial charge in [0.05, 0.1) is 5.71 Å². The molecular weight excluding hydrogens is 220 g/mol. The number of para-hydroxylation sites is 1. The van der Waals surface area contributed by atoms with E-state index in [1.165, 1.54) is 0 Å². The quantitative estimate of drug-likeness (QED) is 0.419. The van der Waals surface area contributed by atoms with Crippen LogP contribution in [-0.4, -0.2) is 15.8 Å². The van der Waals surface area contributed by atoms with Crippen LogP contribution in [0.25, 0.3) is 10.9 Å². The molecule has 1 heterocycles. The minimum Gasteiger partial charge on any atom is -0.375 e. The molecule has 0 bridgehead atoms. The number of benzene rings is 1. The molecule has 0 amide bonds. The van der Waals surface area contributed by atoms with Crippen molar-refractivity contribution in [1.82, 2.24) is 10.4 Å². The van der Waals surface area contributed by atoms with Crippen molar-refractivity contribution in [3.63, 3.8) is 0 Å². The maximum Gasteiger partial charge on any atom is 0.184 e. The van der Waals surface area contributed by atoms with Crippen LogP contribution in [-0.2, 0) is 0 Å². The third-order valence-electron chi connectivity index (χ3n) is 2.31. The Morgan fingerprint density at radius 3 is 2.94 bits per heavy atom. The Bertz CT molecular complexity index is 556. The summed E-state index contributed by atoms with van der Waals surface area (Å²) < 4.78 is 0. The zero-order chi connectivity index (χ0) is 11.5. The highest BCUT2D eigenvalue weighted by Crippen LogP contribution is 2.18. The molecule has 0 aliphatic heterocycles. The lowest BCUT2D eigenvalue weighted by Gasteiger charge is -2.00. The first-order chi connectivity index (χ1) is 7.68. The van der Waals surface area contributed by atoms with Crippen molar-refractivity contribution in [3.8, 4) is 0 Å². The van der Waals surface area contributed by atoms with Gasteiger partial charge in [-0.1, -0.05) is 18.2 Å². The highest BCUT2D eigenvalue weighted by atomic mass is 32.1. The van der Waals surface area contributed by atoms with Gasteiger partial charge in [-0.25, -0.2) is 0 Å². The van der Waals surface area contributed by atoms with E-state index in [1.807, 2.05) is 37.4 Å². The van der Waals surface area contributed by atoms with Gasteiger partial charge in [-0.3, -0.25) is 5.43 Å². The van der Waals surface area contributed by atoms with E-state index in [9.17, 15) is 0 Å². The van der Waals surface area contributed by atoms with Crippen molar-refractivity contribution in [3.05, 3.63) is 36.0 Å². The van der Waals surface area contributed by atoms with Crippen molar-refractivity contribution >= 4 is 33.9 Å². The zero-order valence-electron chi connectivity index (χ0n) is 8.82. The van der Waals surface area contributed by atoms with Crippen LogP contribution in [0, 0.1) is 0 Å². The molecule has 4 N–H and O–H groups in total. The molecule has 0 aliphatic carbocycles. The van der Waals surface area contributed by atoms with Crippen LogP contribution in [0.2, 0.25) is 0 Å². The standard InChI is InChI=1S/C11H12N4S/c1-7(14-15-11(12)16)9-6-13-10-5-3-2-4-8(9)10/h2-6,13H,1H3,(H3,12,15,16)/b14-7-. The average Bonchev–Trinajstić information content (AvgIpc) is 2.69. The smallest absolute Gasteiger partial charge is 0.184 e. The number of aromatic nitrogens is 1. The molecule has 5 heteroatoms. The van der Waals surface area contributed by atoms with E-state index in [0.29, 0.717) is 0 Å². The Morgan fingerprint density at radius 1 is 1.44 bits per heavy atom. The normalized spacial score (nSPS) is 11.7. The van der Waals surface area contributed by atoms with Gasteiger partial charge in [0.15, 0.2) is 5.11 Å². The molecule has 82 valence electrons. The number of hydrogen-bond donors (Lipinski definition) is 3. The maximum absolute atomic E-state index is 5.31. The Kier molecular flexibility index (Phi) is 2.87. The Morgan fingerprint density at radius 2 is 2.19 bits per heavy atom. The number of hydrogen-bond acceptors (Lipinski definition) is 2. The number of nitrogens with one attached hydrogen (secondary N) is 2. The molecule has 0 aliphatic rings. The molecular formula is C11H12N4S. The molecule has 2 rings (SSSR count). The van der Waals surface area contributed by atoms with Gasteiger partial charge in [-0.05, 0) is 25.2 Å². The fraction of sp³-hybridized carbons (Fsp3) is 0.0909. The molecule has 0 spiro atoms. The van der Waals surface area contributed by atoms with E-state index in [-0.39, 0.29) is 5.11 Å². The Hall–Kier alpha value is -1.88. The highest BCUT2D eigenvalue weighted by Gasteiger charge is 2.05. The van der Waals surface area contributed by atoms with Crippen LogP contribution in [0.1, 0.15) is 12.5 Å². The first-order valence-electron chi connectivity index (χ1n) is 4.84.